The Kier molecular flexibility index (Phi) is 5.53. The molecule has 0 atom stereocenters. The van der Waals surface area contributed by atoms with E-state index >= 15 is 0 Å². The molecular formula is C14H16IN3O. The summed E-state index contributed by atoms with van der Waals surface area (Å²) in [4.78, 5) is 8.41. The molecule has 0 saturated carbocycles. The van der Waals surface area contributed by atoms with Crippen LogP contribution in [0.25, 0.3) is 0 Å². The first-order chi connectivity index (χ1) is 9.28. The maximum absolute atomic E-state index is 5.59. The van der Waals surface area contributed by atoms with Crippen molar-refractivity contribution in [1.82, 2.24) is 15.3 Å². The molecular weight excluding hydrogens is 353 g/mol. The zero-order valence-corrected chi connectivity index (χ0v) is 12.9. The largest absolute Gasteiger partial charge is 0.424 e. The molecule has 4 nitrogen and oxygen atoms in total. The van der Waals surface area contributed by atoms with E-state index in [9.17, 15) is 0 Å². The predicted molar refractivity (Wildman–Crippen MR) is 83.3 cm³/mol. The average molecular weight is 369 g/mol. The fourth-order valence-electron chi connectivity index (χ4n) is 1.53. The van der Waals surface area contributed by atoms with Crippen molar-refractivity contribution >= 4 is 22.6 Å². The van der Waals surface area contributed by atoms with E-state index in [1.165, 1.54) is 0 Å². The summed E-state index contributed by atoms with van der Waals surface area (Å²) in [5, 5.41) is 3.31. The van der Waals surface area contributed by atoms with Crippen molar-refractivity contribution in [1.29, 1.82) is 0 Å². The van der Waals surface area contributed by atoms with Gasteiger partial charge in [-0.1, -0.05) is 13.0 Å². The number of hydrogen-bond acceptors (Lipinski definition) is 4. The smallest absolute Gasteiger partial charge is 0.321 e. The molecule has 100 valence electrons. The standard InChI is InChI=1S/C14H16IN3O/c1-2-6-16-8-11-9-17-14(18-10-11)19-13-5-3-4-12(15)7-13/h3-5,7,9-10,16H,2,6,8H2,1H3. The maximum Gasteiger partial charge on any atom is 0.321 e. The summed E-state index contributed by atoms with van der Waals surface area (Å²) < 4.78 is 6.71. The molecule has 0 radical (unpaired) electrons. The lowest BCUT2D eigenvalue weighted by molar-refractivity contribution is 0.440. The van der Waals surface area contributed by atoms with Crippen LogP contribution >= 0.6 is 22.6 Å². The van der Waals surface area contributed by atoms with Gasteiger partial charge in [-0.15, -0.1) is 0 Å². The van der Waals surface area contributed by atoms with E-state index in [-0.39, 0.29) is 0 Å². The number of nitrogens with one attached hydrogen (secondary N) is 1. The van der Waals surface area contributed by atoms with Crippen molar-refractivity contribution in [3.05, 3.63) is 45.8 Å². The fourth-order valence-corrected chi connectivity index (χ4v) is 2.05. The SMILES string of the molecule is CCCNCc1cnc(Oc2cccc(I)c2)nc1. The van der Waals surface area contributed by atoms with E-state index in [0.29, 0.717) is 6.01 Å². The van der Waals surface area contributed by atoms with E-state index < -0.39 is 0 Å². The molecule has 0 aliphatic rings. The summed E-state index contributed by atoms with van der Waals surface area (Å²) in [5.41, 5.74) is 1.06. The second-order valence-corrected chi connectivity index (χ2v) is 5.36. The molecule has 2 aromatic rings. The van der Waals surface area contributed by atoms with Gasteiger partial charge < -0.3 is 10.1 Å². The minimum absolute atomic E-state index is 0.376. The lowest BCUT2D eigenvalue weighted by Crippen LogP contribution is -2.14. The van der Waals surface area contributed by atoms with E-state index in [4.69, 9.17) is 4.74 Å². The van der Waals surface area contributed by atoms with Crippen LogP contribution in [0, 0.1) is 3.57 Å². The third kappa shape index (κ3) is 4.76. The Balaban J connectivity index is 1.95. The Bertz CT molecular complexity index is 516. The molecule has 0 aliphatic carbocycles. The number of aromatic nitrogens is 2. The molecule has 0 aliphatic heterocycles. The van der Waals surface area contributed by atoms with E-state index in [1.807, 2.05) is 24.3 Å². The predicted octanol–water partition coefficient (Wildman–Crippen LogP) is 3.37. The van der Waals surface area contributed by atoms with Gasteiger partial charge in [0.1, 0.15) is 5.75 Å². The third-order valence-corrected chi connectivity index (χ3v) is 3.11. The number of nitrogens with zero attached hydrogens (tertiary/aromatic N) is 2. The summed E-state index contributed by atoms with van der Waals surface area (Å²) in [6.07, 6.45) is 4.70. The molecule has 19 heavy (non-hydrogen) atoms. The molecule has 1 N–H and O–H groups in total. The third-order valence-electron chi connectivity index (χ3n) is 2.44. The van der Waals surface area contributed by atoms with Crippen molar-refractivity contribution in [2.24, 2.45) is 0 Å². The first-order valence-electron chi connectivity index (χ1n) is 6.23. The van der Waals surface area contributed by atoms with E-state index in [0.717, 1.165) is 34.4 Å². The maximum atomic E-state index is 5.59. The Hall–Kier alpha value is -1.21. The van der Waals surface area contributed by atoms with Gasteiger partial charge in [-0.05, 0) is 53.8 Å². The van der Waals surface area contributed by atoms with Crippen LogP contribution in [-0.4, -0.2) is 16.5 Å². The van der Waals surface area contributed by atoms with Crippen LogP contribution in [0.5, 0.6) is 11.8 Å². The number of benzene rings is 1. The zero-order chi connectivity index (χ0) is 13.5. The van der Waals surface area contributed by atoms with E-state index in [1.54, 1.807) is 12.4 Å². The summed E-state index contributed by atoms with van der Waals surface area (Å²) in [6.45, 7) is 3.93. The van der Waals surface area contributed by atoms with Crippen LogP contribution in [0.15, 0.2) is 36.7 Å². The van der Waals surface area contributed by atoms with Gasteiger partial charge in [0.25, 0.3) is 0 Å². The van der Waals surface area contributed by atoms with Gasteiger partial charge in [0.2, 0.25) is 0 Å². The Labute approximate surface area is 126 Å². The Morgan fingerprint density at radius 2 is 2.05 bits per heavy atom. The molecule has 1 heterocycles. The molecule has 0 bridgehead atoms. The summed E-state index contributed by atoms with van der Waals surface area (Å²) in [5.74, 6) is 0.753. The van der Waals surface area contributed by atoms with Crippen LogP contribution in [0.1, 0.15) is 18.9 Å². The summed E-state index contributed by atoms with van der Waals surface area (Å²) in [6, 6.07) is 8.17. The molecule has 1 aromatic carbocycles. The highest BCUT2D eigenvalue weighted by Gasteiger charge is 2.01. The molecule has 0 amide bonds. The van der Waals surface area contributed by atoms with Crippen molar-refractivity contribution in [3.63, 3.8) is 0 Å². The van der Waals surface area contributed by atoms with Crippen LogP contribution in [0.3, 0.4) is 0 Å². The van der Waals surface area contributed by atoms with Gasteiger partial charge >= 0.3 is 6.01 Å². The molecule has 0 fully saturated rings. The Morgan fingerprint density at radius 1 is 1.26 bits per heavy atom. The zero-order valence-electron chi connectivity index (χ0n) is 10.8. The number of halogens is 1. The lowest BCUT2D eigenvalue weighted by Gasteiger charge is -2.05. The molecule has 5 heteroatoms. The first-order valence-corrected chi connectivity index (χ1v) is 7.31. The Morgan fingerprint density at radius 3 is 2.74 bits per heavy atom. The lowest BCUT2D eigenvalue weighted by atomic mass is 10.3. The summed E-state index contributed by atoms with van der Waals surface area (Å²) in [7, 11) is 0. The molecule has 1 aromatic heterocycles. The fraction of sp³-hybridized carbons (Fsp3) is 0.286. The van der Waals surface area contributed by atoms with Crippen molar-refractivity contribution in [2.75, 3.05) is 6.54 Å². The highest BCUT2D eigenvalue weighted by molar-refractivity contribution is 14.1. The van der Waals surface area contributed by atoms with Crippen LogP contribution in [0.2, 0.25) is 0 Å². The van der Waals surface area contributed by atoms with Gasteiger partial charge in [-0.3, -0.25) is 0 Å². The van der Waals surface area contributed by atoms with Gasteiger partial charge in [0.05, 0.1) is 0 Å². The highest BCUT2D eigenvalue weighted by atomic mass is 127. The second-order valence-electron chi connectivity index (χ2n) is 4.11. The number of hydrogen-bond donors (Lipinski definition) is 1. The van der Waals surface area contributed by atoms with Gasteiger partial charge in [0.15, 0.2) is 0 Å². The van der Waals surface area contributed by atoms with Crippen LogP contribution in [-0.2, 0) is 6.54 Å². The van der Waals surface area contributed by atoms with Gasteiger partial charge in [0, 0.05) is 28.1 Å². The van der Waals surface area contributed by atoms with Crippen LogP contribution < -0.4 is 10.1 Å². The summed E-state index contributed by atoms with van der Waals surface area (Å²) >= 11 is 2.24. The van der Waals surface area contributed by atoms with Gasteiger partial charge in [-0.2, -0.15) is 0 Å². The van der Waals surface area contributed by atoms with E-state index in [2.05, 4.69) is 44.8 Å². The first kappa shape index (κ1) is 14.2. The quantitative estimate of drug-likeness (QED) is 0.627. The number of ether oxygens (including phenoxy) is 1. The average Bonchev–Trinajstić information content (AvgIpc) is 2.41. The van der Waals surface area contributed by atoms with Crippen molar-refractivity contribution in [3.8, 4) is 11.8 Å². The molecule has 0 unspecified atom stereocenters. The molecule has 0 saturated heterocycles. The molecule has 2 rings (SSSR count). The van der Waals surface area contributed by atoms with Crippen LogP contribution in [0.4, 0.5) is 0 Å². The second kappa shape index (κ2) is 7.40. The minimum Gasteiger partial charge on any atom is -0.424 e. The monoisotopic (exact) mass is 369 g/mol. The molecule has 0 spiro atoms. The topological polar surface area (TPSA) is 47.0 Å². The minimum atomic E-state index is 0.376. The van der Waals surface area contributed by atoms with Gasteiger partial charge in [-0.25, -0.2) is 9.97 Å². The normalized spacial score (nSPS) is 10.4. The van der Waals surface area contributed by atoms with Crippen molar-refractivity contribution in [2.45, 2.75) is 19.9 Å². The number of rotatable bonds is 6. The van der Waals surface area contributed by atoms with Crippen molar-refractivity contribution < 1.29 is 4.74 Å². The highest BCUT2D eigenvalue weighted by Crippen LogP contribution is 2.19.